The van der Waals surface area contributed by atoms with Gasteiger partial charge in [-0.3, -0.25) is 4.79 Å². The van der Waals surface area contributed by atoms with Crippen molar-refractivity contribution < 1.29 is 20.9 Å². The van der Waals surface area contributed by atoms with Gasteiger partial charge in [-0.15, -0.1) is 0 Å². The number of amides is 1. The van der Waals surface area contributed by atoms with Crippen LogP contribution >= 0.6 is 0 Å². The van der Waals surface area contributed by atoms with Crippen molar-refractivity contribution in [2.45, 2.75) is 52.6 Å². The number of hydrogen-bond donors (Lipinski definition) is 2. The van der Waals surface area contributed by atoms with Crippen LogP contribution in [0.2, 0.25) is 1.41 Å². The number of rotatable bonds is 9. The Kier molecular flexibility index (Phi) is 6.35. The zero-order chi connectivity index (χ0) is 19.0. The Morgan fingerprint density at radius 3 is 2.46 bits per heavy atom. The molecule has 0 aliphatic heterocycles. The molecule has 0 saturated heterocycles. The monoisotopic (exact) mass is 335 g/mol. The molecule has 1 aromatic rings. The van der Waals surface area contributed by atoms with Crippen molar-refractivity contribution in [1.82, 2.24) is 0 Å². The van der Waals surface area contributed by atoms with Crippen molar-refractivity contribution in [2.75, 3.05) is 0 Å². The second-order valence-electron chi connectivity index (χ2n) is 6.66. The van der Waals surface area contributed by atoms with Crippen LogP contribution in [0.25, 0.3) is 0 Å². The molecule has 132 valence electrons. The van der Waals surface area contributed by atoms with Crippen molar-refractivity contribution in [2.24, 2.45) is 16.8 Å². The normalized spacial score (nSPS) is 13.8. The van der Waals surface area contributed by atoms with Gasteiger partial charge >= 0.3 is 5.97 Å². The summed E-state index contributed by atoms with van der Waals surface area (Å²) in [6.07, 6.45) is 1.72. The number of nitrogens with two attached hydrogens (primary N) is 1. The molecule has 1 rings (SSSR count). The number of oxime groups is 1. The van der Waals surface area contributed by atoms with Crippen molar-refractivity contribution in [3.8, 4) is 0 Å². The first-order chi connectivity index (χ1) is 11.6. The Morgan fingerprint density at radius 1 is 1.33 bits per heavy atom. The molecule has 1 aromatic carbocycles. The van der Waals surface area contributed by atoms with E-state index in [-0.39, 0.29) is 12.3 Å². The minimum Gasteiger partial charge on any atom is -0.478 e. The Labute approximate surface area is 144 Å². The maximum absolute atomic E-state index is 11.2. The van der Waals surface area contributed by atoms with E-state index in [4.69, 9.17) is 11.4 Å². The molecule has 24 heavy (non-hydrogen) atoms. The molecule has 0 aromatic heterocycles. The maximum Gasteiger partial charge on any atom is 0.350 e. The van der Waals surface area contributed by atoms with E-state index in [1.165, 1.54) is 13.8 Å². The Bertz CT molecular complexity index is 626. The standard InChI is InChI=1S/C18H26N2O4/c1-12(9-13(2)20-24-18(3,4)17(22)23)10-14-5-7-15(8-6-14)11-16(19)21/h5-8,12H,9-11H2,1-4H3,(H2,19,21)(H,22,23)/b20-13+/i/hD. The average molecular weight is 335 g/mol. The largest absolute Gasteiger partial charge is 0.478 e. The molecule has 0 spiro atoms. The smallest absolute Gasteiger partial charge is 0.350 e. The van der Waals surface area contributed by atoms with Crippen LogP contribution in [0, 0.1) is 5.92 Å². The Balaban J connectivity index is 2.54. The summed E-state index contributed by atoms with van der Waals surface area (Å²) in [6.45, 7) is 6.82. The molecule has 0 fully saturated rings. The van der Waals surface area contributed by atoms with Gasteiger partial charge in [-0.2, -0.15) is 0 Å². The summed E-state index contributed by atoms with van der Waals surface area (Å²) in [5.74, 6) is -1.09. The predicted octanol–water partition coefficient (Wildman–Crippen LogP) is 2.54. The lowest BCUT2D eigenvalue weighted by Crippen LogP contribution is -2.33. The lowest BCUT2D eigenvalue weighted by atomic mass is 9.95. The molecule has 1 unspecified atom stereocenters. The fourth-order valence-corrected chi connectivity index (χ4v) is 2.23. The maximum atomic E-state index is 11.2. The second kappa shape index (κ2) is 8.47. The SMILES string of the molecule is [2H]NC(=O)Cc1ccc(CC(C)C/C(C)=N/OC(C)(C)C(=O)O)cc1. The van der Waals surface area contributed by atoms with Gasteiger partial charge in [-0.25, -0.2) is 4.79 Å². The lowest BCUT2D eigenvalue weighted by Gasteiger charge is -2.17. The number of carbonyl (C=O) groups is 2. The summed E-state index contributed by atoms with van der Waals surface area (Å²) in [6, 6.07) is 7.71. The van der Waals surface area contributed by atoms with Gasteiger partial charge in [0, 0.05) is 0 Å². The average Bonchev–Trinajstić information content (AvgIpc) is 2.54. The van der Waals surface area contributed by atoms with Gasteiger partial charge in [0.15, 0.2) is 1.41 Å². The summed E-state index contributed by atoms with van der Waals surface area (Å²) in [7, 11) is 0. The predicted molar refractivity (Wildman–Crippen MR) is 92.7 cm³/mol. The van der Waals surface area contributed by atoms with Crippen LogP contribution in [0.5, 0.6) is 0 Å². The summed E-state index contributed by atoms with van der Waals surface area (Å²) < 4.78 is 6.80. The number of carboxylic acids is 1. The highest BCUT2D eigenvalue weighted by Gasteiger charge is 2.29. The van der Waals surface area contributed by atoms with E-state index in [1.807, 2.05) is 36.9 Å². The van der Waals surface area contributed by atoms with Crippen molar-refractivity contribution in [1.29, 1.82) is 0 Å². The third-order valence-electron chi connectivity index (χ3n) is 3.56. The summed E-state index contributed by atoms with van der Waals surface area (Å²) >= 11 is 0. The third kappa shape index (κ3) is 6.81. The Morgan fingerprint density at radius 2 is 1.92 bits per heavy atom. The van der Waals surface area contributed by atoms with Crippen LogP contribution < -0.4 is 5.73 Å². The zero-order valence-electron chi connectivity index (χ0n) is 15.6. The number of primary amides is 1. The van der Waals surface area contributed by atoms with Gasteiger partial charge in [0.25, 0.3) is 0 Å². The van der Waals surface area contributed by atoms with Gasteiger partial charge in [-0.05, 0) is 50.7 Å². The third-order valence-corrected chi connectivity index (χ3v) is 3.56. The first-order valence-electron chi connectivity index (χ1n) is 8.37. The van der Waals surface area contributed by atoms with Gasteiger partial charge < -0.3 is 15.7 Å². The fraction of sp³-hybridized carbons (Fsp3) is 0.500. The highest BCUT2D eigenvalue weighted by atomic mass is 16.7. The summed E-state index contributed by atoms with van der Waals surface area (Å²) in [4.78, 5) is 27.3. The minimum atomic E-state index is -1.34. The van der Waals surface area contributed by atoms with Crippen LogP contribution in [-0.4, -0.2) is 28.3 Å². The van der Waals surface area contributed by atoms with Gasteiger partial charge in [0.1, 0.15) is 0 Å². The number of carboxylic acid groups (broad SMARTS) is 1. The molecule has 3 N–H and O–H groups in total. The molecule has 6 nitrogen and oxygen atoms in total. The number of hydrogen-bond acceptors (Lipinski definition) is 4. The molecule has 6 heteroatoms. The van der Waals surface area contributed by atoms with Crippen molar-refractivity contribution in [3.05, 3.63) is 35.4 Å². The number of aliphatic carboxylic acids is 1. The van der Waals surface area contributed by atoms with E-state index >= 15 is 0 Å². The molecule has 0 aliphatic carbocycles. The van der Waals surface area contributed by atoms with Crippen LogP contribution in [0.1, 0.15) is 45.2 Å². The molecular weight excluding hydrogens is 308 g/mol. The fourth-order valence-electron chi connectivity index (χ4n) is 2.23. The molecular formula is C18H26N2O4. The van der Waals surface area contributed by atoms with Crippen LogP contribution in [-0.2, 0) is 27.3 Å². The lowest BCUT2D eigenvalue weighted by molar-refractivity contribution is -0.161. The van der Waals surface area contributed by atoms with Crippen molar-refractivity contribution >= 4 is 17.6 Å². The molecule has 1 amide bonds. The van der Waals surface area contributed by atoms with E-state index in [1.54, 1.807) is 0 Å². The van der Waals surface area contributed by atoms with E-state index in [9.17, 15) is 9.59 Å². The molecule has 1 atom stereocenters. The van der Waals surface area contributed by atoms with Crippen LogP contribution in [0.3, 0.4) is 0 Å². The van der Waals surface area contributed by atoms with Crippen LogP contribution in [0.4, 0.5) is 0 Å². The molecule has 0 aliphatic rings. The quantitative estimate of drug-likeness (QED) is 0.535. The highest BCUT2D eigenvalue weighted by molar-refractivity contribution is 5.82. The summed E-state index contributed by atoms with van der Waals surface area (Å²) in [5, 5.41) is 12.9. The van der Waals surface area contributed by atoms with E-state index < -0.39 is 11.6 Å². The minimum absolute atomic E-state index is 0.196. The van der Waals surface area contributed by atoms with Gasteiger partial charge in [-0.1, -0.05) is 36.3 Å². The van der Waals surface area contributed by atoms with E-state index in [2.05, 4.69) is 12.1 Å². The summed E-state index contributed by atoms with van der Waals surface area (Å²) in [5.41, 5.74) is 3.27. The molecule has 0 heterocycles. The van der Waals surface area contributed by atoms with E-state index in [0.717, 1.165) is 23.3 Å². The molecule has 0 bridgehead atoms. The number of carbonyl (C=O) groups excluding carboxylic acids is 1. The second-order valence-corrected chi connectivity index (χ2v) is 6.66. The van der Waals surface area contributed by atoms with E-state index in [0.29, 0.717) is 12.3 Å². The molecule has 0 radical (unpaired) electrons. The van der Waals surface area contributed by atoms with Gasteiger partial charge in [0.2, 0.25) is 11.5 Å². The first kappa shape index (κ1) is 18.0. The number of nitrogens with zero attached hydrogens (tertiary/aromatic N) is 1. The first-order valence-corrected chi connectivity index (χ1v) is 7.87. The van der Waals surface area contributed by atoms with Gasteiger partial charge in [0.05, 0.1) is 12.1 Å². The van der Waals surface area contributed by atoms with Crippen molar-refractivity contribution in [3.63, 3.8) is 0 Å². The topological polar surface area (TPSA) is 102 Å². The molecule has 0 saturated carbocycles. The highest BCUT2D eigenvalue weighted by Crippen LogP contribution is 2.15. The van der Waals surface area contributed by atoms with Crippen LogP contribution in [0.15, 0.2) is 29.4 Å². The Hall–Kier alpha value is -2.37. The number of benzene rings is 1. The zero-order valence-corrected chi connectivity index (χ0v) is 14.6.